The zero-order chi connectivity index (χ0) is 14.8. The molecule has 8 heteroatoms. The zero-order valence-electron chi connectivity index (χ0n) is 11.4. The SMILES string of the molecule is CNc1ncc(Br)cc1S(=O)(=O)NC1CCC(OC)C1. The number of ether oxygens (including phenoxy) is 1. The van der Waals surface area contributed by atoms with Crippen LogP contribution >= 0.6 is 15.9 Å². The summed E-state index contributed by atoms with van der Waals surface area (Å²) in [4.78, 5) is 4.22. The first-order valence-electron chi connectivity index (χ1n) is 6.34. The van der Waals surface area contributed by atoms with Crippen LogP contribution in [-0.2, 0) is 14.8 Å². The molecule has 1 heterocycles. The average molecular weight is 364 g/mol. The van der Waals surface area contributed by atoms with Crippen molar-refractivity contribution in [2.75, 3.05) is 19.5 Å². The second-order valence-corrected chi connectivity index (χ2v) is 7.34. The van der Waals surface area contributed by atoms with Gasteiger partial charge in [0.25, 0.3) is 0 Å². The van der Waals surface area contributed by atoms with Gasteiger partial charge in [-0.15, -0.1) is 0 Å². The lowest BCUT2D eigenvalue weighted by molar-refractivity contribution is 0.107. The molecule has 1 aromatic rings. The molecule has 112 valence electrons. The highest BCUT2D eigenvalue weighted by Crippen LogP contribution is 2.26. The molecule has 0 aliphatic heterocycles. The molecule has 1 saturated carbocycles. The highest BCUT2D eigenvalue weighted by Gasteiger charge is 2.30. The fourth-order valence-electron chi connectivity index (χ4n) is 2.36. The summed E-state index contributed by atoms with van der Waals surface area (Å²) in [5, 5.41) is 2.80. The summed E-state index contributed by atoms with van der Waals surface area (Å²) in [5.41, 5.74) is 0. The van der Waals surface area contributed by atoms with Gasteiger partial charge in [0.1, 0.15) is 10.7 Å². The first-order valence-corrected chi connectivity index (χ1v) is 8.62. The van der Waals surface area contributed by atoms with Gasteiger partial charge in [0, 0.05) is 30.9 Å². The van der Waals surface area contributed by atoms with E-state index in [2.05, 4.69) is 31.0 Å². The smallest absolute Gasteiger partial charge is 0.244 e. The van der Waals surface area contributed by atoms with E-state index in [1.807, 2.05) is 0 Å². The van der Waals surface area contributed by atoms with E-state index in [0.717, 1.165) is 12.8 Å². The van der Waals surface area contributed by atoms with Crippen LogP contribution in [0.4, 0.5) is 5.82 Å². The maximum atomic E-state index is 12.5. The van der Waals surface area contributed by atoms with Gasteiger partial charge in [-0.2, -0.15) is 0 Å². The molecule has 1 fully saturated rings. The molecular weight excluding hydrogens is 346 g/mol. The number of anilines is 1. The molecule has 0 bridgehead atoms. The van der Waals surface area contributed by atoms with E-state index in [1.54, 1.807) is 26.4 Å². The summed E-state index contributed by atoms with van der Waals surface area (Å²) >= 11 is 3.25. The normalized spacial score (nSPS) is 22.9. The van der Waals surface area contributed by atoms with Gasteiger partial charge in [-0.25, -0.2) is 18.1 Å². The molecule has 2 rings (SSSR count). The second-order valence-electron chi connectivity index (χ2n) is 4.74. The van der Waals surface area contributed by atoms with E-state index in [9.17, 15) is 8.42 Å². The molecule has 0 spiro atoms. The number of nitrogens with one attached hydrogen (secondary N) is 2. The number of nitrogens with zero attached hydrogens (tertiary/aromatic N) is 1. The third kappa shape index (κ3) is 3.49. The Hall–Kier alpha value is -0.700. The van der Waals surface area contributed by atoms with Gasteiger partial charge in [0.05, 0.1) is 6.10 Å². The van der Waals surface area contributed by atoms with Gasteiger partial charge in [0.15, 0.2) is 0 Å². The van der Waals surface area contributed by atoms with Crippen LogP contribution in [-0.4, -0.2) is 39.7 Å². The van der Waals surface area contributed by atoms with E-state index in [0.29, 0.717) is 16.7 Å². The van der Waals surface area contributed by atoms with Crippen LogP contribution < -0.4 is 10.0 Å². The third-order valence-corrected chi connectivity index (χ3v) is 5.35. The topological polar surface area (TPSA) is 80.3 Å². The number of methoxy groups -OCH3 is 1. The standard InChI is InChI=1S/C12H18BrN3O3S/c1-14-12-11(5-8(13)7-15-12)20(17,18)16-9-3-4-10(6-9)19-2/h5,7,9-10,16H,3-4,6H2,1-2H3,(H,14,15). The first-order chi connectivity index (χ1) is 9.46. The van der Waals surface area contributed by atoms with E-state index in [-0.39, 0.29) is 17.0 Å². The summed E-state index contributed by atoms with van der Waals surface area (Å²) in [6, 6.07) is 1.46. The molecule has 0 aromatic carbocycles. The predicted molar refractivity (Wildman–Crippen MR) is 80.2 cm³/mol. The van der Waals surface area contributed by atoms with Crippen LogP contribution in [0.25, 0.3) is 0 Å². The van der Waals surface area contributed by atoms with Crippen LogP contribution in [0.5, 0.6) is 0 Å². The summed E-state index contributed by atoms with van der Waals surface area (Å²) in [6.45, 7) is 0. The van der Waals surface area contributed by atoms with Crippen molar-refractivity contribution in [3.63, 3.8) is 0 Å². The van der Waals surface area contributed by atoms with Gasteiger partial charge < -0.3 is 10.1 Å². The van der Waals surface area contributed by atoms with Crippen molar-refractivity contribution in [3.05, 3.63) is 16.7 Å². The fourth-order valence-corrected chi connectivity index (χ4v) is 4.31. The van der Waals surface area contributed by atoms with Crippen molar-refractivity contribution < 1.29 is 13.2 Å². The quantitative estimate of drug-likeness (QED) is 0.832. The highest BCUT2D eigenvalue weighted by molar-refractivity contribution is 9.10. The van der Waals surface area contributed by atoms with Gasteiger partial charge in [-0.05, 0) is 41.3 Å². The molecule has 2 atom stereocenters. The molecule has 0 amide bonds. The Labute approximate surface area is 127 Å². The lowest BCUT2D eigenvalue weighted by atomic mass is 10.3. The maximum absolute atomic E-state index is 12.5. The molecule has 0 saturated heterocycles. The third-order valence-electron chi connectivity index (χ3n) is 3.39. The van der Waals surface area contributed by atoms with Crippen molar-refractivity contribution in [1.29, 1.82) is 0 Å². The Kier molecular flexibility index (Phi) is 5.00. The predicted octanol–water partition coefficient (Wildman–Crippen LogP) is 1.73. The molecule has 1 aliphatic rings. The van der Waals surface area contributed by atoms with Gasteiger partial charge >= 0.3 is 0 Å². The van der Waals surface area contributed by atoms with Crippen LogP contribution in [0.15, 0.2) is 21.6 Å². The van der Waals surface area contributed by atoms with Crippen molar-refractivity contribution in [2.45, 2.75) is 36.3 Å². The van der Waals surface area contributed by atoms with Crippen LogP contribution in [0.3, 0.4) is 0 Å². The second kappa shape index (κ2) is 6.38. The summed E-state index contributed by atoms with van der Waals surface area (Å²) in [5.74, 6) is 0.335. The van der Waals surface area contributed by atoms with E-state index in [4.69, 9.17) is 4.74 Å². The summed E-state index contributed by atoms with van der Waals surface area (Å²) in [6.07, 6.45) is 4.05. The molecule has 20 heavy (non-hydrogen) atoms. The van der Waals surface area contributed by atoms with Crippen molar-refractivity contribution in [2.24, 2.45) is 0 Å². The number of hydrogen-bond donors (Lipinski definition) is 2. The number of halogens is 1. The maximum Gasteiger partial charge on any atom is 0.244 e. The van der Waals surface area contributed by atoms with E-state index >= 15 is 0 Å². The van der Waals surface area contributed by atoms with Gasteiger partial charge in [0.2, 0.25) is 10.0 Å². The minimum atomic E-state index is -3.60. The summed E-state index contributed by atoms with van der Waals surface area (Å²) in [7, 11) is -0.305. The molecule has 1 aromatic heterocycles. The number of pyridine rings is 1. The molecule has 1 aliphatic carbocycles. The average Bonchev–Trinajstić information content (AvgIpc) is 2.85. The Morgan fingerprint density at radius 2 is 2.20 bits per heavy atom. The Bertz CT molecular complexity index is 579. The Morgan fingerprint density at radius 1 is 1.45 bits per heavy atom. The largest absolute Gasteiger partial charge is 0.381 e. The number of sulfonamides is 1. The fraction of sp³-hybridized carbons (Fsp3) is 0.583. The van der Waals surface area contributed by atoms with Crippen LogP contribution in [0.1, 0.15) is 19.3 Å². The number of rotatable bonds is 5. The molecular formula is C12H18BrN3O3S. The van der Waals surface area contributed by atoms with Crippen molar-refractivity contribution in [3.8, 4) is 0 Å². The lowest BCUT2D eigenvalue weighted by Gasteiger charge is -2.15. The van der Waals surface area contributed by atoms with Crippen molar-refractivity contribution in [1.82, 2.24) is 9.71 Å². The minimum absolute atomic E-state index is 0.0892. The Balaban J connectivity index is 2.20. The minimum Gasteiger partial charge on any atom is -0.381 e. The first kappa shape index (κ1) is 15.7. The molecule has 6 nitrogen and oxygen atoms in total. The van der Waals surface area contributed by atoms with E-state index < -0.39 is 10.0 Å². The Morgan fingerprint density at radius 3 is 2.80 bits per heavy atom. The molecule has 2 unspecified atom stereocenters. The van der Waals surface area contributed by atoms with Crippen LogP contribution in [0.2, 0.25) is 0 Å². The van der Waals surface area contributed by atoms with Crippen molar-refractivity contribution >= 4 is 31.8 Å². The van der Waals surface area contributed by atoms with Gasteiger partial charge in [-0.1, -0.05) is 0 Å². The summed E-state index contributed by atoms with van der Waals surface area (Å²) < 4.78 is 33.5. The monoisotopic (exact) mass is 363 g/mol. The zero-order valence-corrected chi connectivity index (χ0v) is 13.8. The van der Waals surface area contributed by atoms with Gasteiger partial charge in [-0.3, -0.25) is 0 Å². The molecule has 2 N–H and O–H groups in total. The highest BCUT2D eigenvalue weighted by atomic mass is 79.9. The van der Waals surface area contributed by atoms with E-state index in [1.165, 1.54) is 0 Å². The number of aromatic nitrogens is 1. The molecule has 0 radical (unpaired) electrons. The number of hydrogen-bond acceptors (Lipinski definition) is 5. The van der Waals surface area contributed by atoms with Crippen LogP contribution in [0, 0.1) is 0 Å². The lowest BCUT2D eigenvalue weighted by Crippen LogP contribution is -2.34.